The van der Waals surface area contributed by atoms with Crippen molar-refractivity contribution >= 4 is 11.8 Å². The number of hydrogen-bond donors (Lipinski definition) is 0. The second-order valence-corrected chi connectivity index (χ2v) is 9.84. The Kier molecular flexibility index (Phi) is 8.81. The average molecular weight is 535 g/mol. The van der Waals surface area contributed by atoms with E-state index in [0.29, 0.717) is 44.6 Å². The summed E-state index contributed by atoms with van der Waals surface area (Å²) in [5, 5.41) is 0. The van der Waals surface area contributed by atoms with Crippen LogP contribution in [0.5, 0.6) is 11.5 Å². The van der Waals surface area contributed by atoms with Crippen molar-refractivity contribution in [3.8, 4) is 11.5 Å². The molecule has 2 aromatic rings. The number of amides is 2. The number of alkyl halides is 3. The lowest BCUT2D eigenvalue weighted by Gasteiger charge is -2.37. The molecule has 2 aromatic carbocycles. The largest absolute Gasteiger partial charge is 0.573 e. The number of likely N-dealkylation sites (tertiary alicyclic amines) is 2. The zero-order valence-electron chi connectivity index (χ0n) is 21.6. The van der Waals surface area contributed by atoms with Crippen LogP contribution >= 0.6 is 0 Å². The highest BCUT2D eigenvalue weighted by Crippen LogP contribution is 2.25. The standard InChI is InChI=1S/C28H33F3N2O5/c1-19-3-4-20(2)25(17-19)36-18-26(34)32-13-9-22(10-14-32)37-23-11-15-33(16-12-23)27(35)21-5-7-24(8-6-21)38-28(29,30)31/h3-8,17,22-23H,9-16,18H2,1-2H3. The fraction of sp³-hybridized carbons (Fsp3) is 0.500. The molecule has 0 unspecified atom stereocenters. The number of piperidine rings is 2. The Morgan fingerprint density at radius 1 is 0.868 bits per heavy atom. The van der Waals surface area contributed by atoms with Crippen molar-refractivity contribution in [2.24, 2.45) is 0 Å². The molecule has 206 valence electrons. The second kappa shape index (κ2) is 12.1. The number of benzene rings is 2. The minimum absolute atomic E-state index is 0.0143. The molecule has 2 amide bonds. The molecule has 0 N–H and O–H groups in total. The van der Waals surface area contributed by atoms with E-state index in [1.165, 1.54) is 12.1 Å². The van der Waals surface area contributed by atoms with E-state index in [1.54, 1.807) is 4.90 Å². The number of hydrogen-bond acceptors (Lipinski definition) is 5. The molecule has 0 saturated carbocycles. The number of carbonyl (C=O) groups is 2. The summed E-state index contributed by atoms with van der Waals surface area (Å²) in [7, 11) is 0. The van der Waals surface area contributed by atoms with Gasteiger partial charge in [0.2, 0.25) is 0 Å². The molecule has 0 spiro atoms. The maximum atomic E-state index is 12.7. The Labute approximate surface area is 220 Å². The van der Waals surface area contributed by atoms with Gasteiger partial charge in [-0.1, -0.05) is 12.1 Å². The SMILES string of the molecule is Cc1ccc(C)c(OCC(=O)N2CCC(OC3CCN(C(=O)c4ccc(OC(F)(F)F)cc4)CC3)CC2)c1. The van der Waals surface area contributed by atoms with Crippen molar-refractivity contribution in [1.29, 1.82) is 0 Å². The summed E-state index contributed by atoms with van der Waals surface area (Å²) in [6, 6.07) is 10.9. The van der Waals surface area contributed by atoms with Crippen LogP contribution in [0.4, 0.5) is 13.2 Å². The maximum Gasteiger partial charge on any atom is 0.573 e. The Balaban J connectivity index is 1.16. The predicted octanol–water partition coefficient (Wildman–Crippen LogP) is 4.89. The third kappa shape index (κ3) is 7.63. The van der Waals surface area contributed by atoms with Crippen LogP contribution in [0.2, 0.25) is 0 Å². The maximum absolute atomic E-state index is 12.7. The lowest BCUT2D eigenvalue weighted by molar-refractivity contribution is -0.274. The molecule has 0 bridgehead atoms. The average Bonchev–Trinajstić information content (AvgIpc) is 2.89. The molecule has 0 aliphatic carbocycles. The van der Waals surface area contributed by atoms with Crippen molar-refractivity contribution in [2.75, 3.05) is 32.8 Å². The second-order valence-electron chi connectivity index (χ2n) is 9.84. The highest BCUT2D eigenvalue weighted by Gasteiger charge is 2.32. The third-order valence-corrected chi connectivity index (χ3v) is 6.94. The monoisotopic (exact) mass is 534 g/mol. The van der Waals surface area contributed by atoms with E-state index in [1.807, 2.05) is 36.9 Å². The summed E-state index contributed by atoms with van der Waals surface area (Å²) in [4.78, 5) is 28.9. The van der Waals surface area contributed by atoms with Gasteiger partial charge in [0, 0.05) is 31.7 Å². The Hall–Kier alpha value is -3.27. The van der Waals surface area contributed by atoms with E-state index < -0.39 is 6.36 Å². The van der Waals surface area contributed by atoms with E-state index >= 15 is 0 Å². The molecule has 0 radical (unpaired) electrons. The van der Waals surface area contributed by atoms with Crippen molar-refractivity contribution in [3.63, 3.8) is 0 Å². The Morgan fingerprint density at radius 2 is 1.45 bits per heavy atom. The Bertz CT molecular complexity index is 1110. The van der Waals surface area contributed by atoms with Crippen LogP contribution in [0.3, 0.4) is 0 Å². The molecule has 38 heavy (non-hydrogen) atoms. The number of carbonyl (C=O) groups excluding carboxylic acids is 2. The van der Waals surface area contributed by atoms with Gasteiger partial charge < -0.3 is 24.0 Å². The molecule has 0 aromatic heterocycles. The summed E-state index contributed by atoms with van der Waals surface area (Å²) < 4.78 is 52.9. The van der Waals surface area contributed by atoms with Gasteiger partial charge in [0.1, 0.15) is 11.5 Å². The van der Waals surface area contributed by atoms with Gasteiger partial charge in [-0.25, -0.2) is 0 Å². The van der Waals surface area contributed by atoms with Crippen LogP contribution < -0.4 is 9.47 Å². The van der Waals surface area contributed by atoms with E-state index in [9.17, 15) is 22.8 Å². The highest BCUT2D eigenvalue weighted by atomic mass is 19.4. The normalized spacial score (nSPS) is 17.4. The predicted molar refractivity (Wildman–Crippen MR) is 134 cm³/mol. The fourth-order valence-electron chi connectivity index (χ4n) is 4.78. The van der Waals surface area contributed by atoms with Gasteiger partial charge in [0.05, 0.1) is 12.2 Å². The van der Waals surface area contributed by atoms with E-state index in [2.05, 4.69) is 4.74 Å². The highest BCUT2D eigenvalue weighted by molar-refractivity contribution is 5.94. The van der Waals surface area contributed by atoms with E-state index in [4.69, 9.17) is 9.47 Å². The van der Waals surface area contributed by atoms with Crippen molar-refractivity contribution in [2.45, 2.75) is 58.1 Å². The molecule has 2 heterocycles. The molecular weight excluding hydrogens is 501 g/mol. The van der Waals surface area contributed by atoms with Crippen molar-refractivity contribution < 1.29 is 37.0 Å². The van der Waals surface area contributed by atoms with Gasteiger partial charge >= 0.3 is 6.36 Å². The van der Waals surface area contributed by atoms with Gasteiger partial charge in [-0.15, -0.1) is 13.2 Å². The van der Waals surface area contributed by atoms with Crippen LogP contribution in [0, 0.1) is 13.8 Å². The topological polar surface area (TPSA) is 68.3 Å². The van der Waals surface area contributed by atoms with Gasteiger partial charge in [0.15, 0.2) is 6.61 Å². The summed E-state index contributed by atoms with van der Waals surface area (Å²) in [5.74, 6) is 0.114. The first-order chi connectivity index (χ1) is 18.1. The quantitative estimate of drug-likeness (QED) is 0.506. The number of halogens is 3. The Morgan fingerprint density at radius 3 is 2.03 bits per heavy atom. The molecule has 2 fully saturated rings. The molecule has 2 aliphatic heterocycles. The first-order valence-electron chi connectivity index (χ1n) is 12.9. The van der Waals surface area contributed by atoms with Crippen molar-refractivity contribution in [3.05, 3.63) is 59.2 Å². The number of ether oxygens (including phenoxy) is 3. The molecule has 0 atom stereocenters. The first kappa shape index (κ1) is 27.8. The fourth-order valence-corrected chi connectivity index (χ4v) is 4.78. The van der Waals surface area contributed by atoms with Gasteiger partial charge in [-0.2, -0.15) is 0 Å². The lowest BCUT2D eigenvalue weighted by Crippen LogP contribution is -2.45. The number of rotatable bonds is 7. The zero-order chi connectivity index (χ0) is 27.3. The molecule has 4 rings (SSSR count). The van der Waals surface area contributed by atoms with Crippen LogP contribution in [0.1, 0.15) is 47.2 Å². The van der Waals surface area contributed by atoms with Crippen LogP contribution in [-0.4, -0.2) is 73.0 Å². The first-order valence-corrected chi connectivity index (χ1v) is 12.9. The van der Waals surface area contributed by atoms with Crippen LogP contribution in [-0.2, 0) is 9.53 Å². The molecule has 7 nitrogen and oxygen atoms in total. The minimum Gasteiger partial charge on any atom is -0.483 e. The summed E-state index contributed by atoms with van der Waals surface area (Å²) in [5.41, 5.74) is 2.40. The number of nitrogens with zero attached hydrogens (tertiary/aromatic N) is 2. The molecule has 2 saturated heterocycles. The van der Waals surface area contributed by atoms with Gasteiger partial charge in [-0.05, 0) is 81.0 Å². The summed E-state index contributed by atoms with van der Waals surface area (Å²) >= 11 is 0. The van der Waals surface area contributed by atoms with Gasteiger partial charge in [-0.3, -0.25) is 9.59 Å². The third-order valence-electron chi connectivity index (χ3n) is 6.94. The van der Waals surface area contributed by atoms with Gasteiger partial charge in [0.25, 0.3) is 11.8 Å². The lowest BCUT2D eigenvalue weighted by atomic mass is 10.0. The number of aryl methyl sites for hydroxylation is 2. The molecule has 2 aliphatic rings. The summed E-state index contributed by atoms with van der Waals surface area (Å²) in [6.07, 6.45) is -1.81. The van der Waals surface area contributed by atoms with Crippen LogP contribution in [0.25, 0.3) is 0 Å². The van der Waals surface area contributed by atoms with Crippen LogP contribution in [0.15, 0.2) is 42.5 Å². The van der Waals surface area contributed by atoms with E-state index in [0.717, 1.165) is 41.9 Å². The zero-order valence-corrected chi connectivity index (χ0v) is 21.6. The molecule has 10 heteroatoms. The van der Waals surface area contributed by atoms with Crippen molar-refractivity contribution in [1.82, 2.24) is 9.80 Å². The van der Waals surface area contributed by atoms with E-state index in [-0.39, 0.29) is 36.4 Å². The smallest absolute Gasteiger partial charge is 0.483 e. The summed E-state index contributed by atoms with van der Waals surface area (Å²) in [6.45, 7) is 6.21. The minimum atomic E-state index is -4.77. The molecular formula is C28H33F3N2O5.